The van der Waals surface area contributed by atoms with Crippen LogP contribution in [0, 0.1) is 0 Å². The molecule has 3 N–H and O–H groups in total. The quantitative estimate of drug-likeness (QED) is 0.745. The van der Waals surface area contributed by atoms with Gasteiger partial charge in [-0.1, -0.05) is 37.8 Å². The summed E-state index contributed by atoms with van der Waals surface area (Å²) in [5.74, 6) is 1.36. The van der Waals surface area contributed by atoms with E-state index in [9.17, 15) is 4.79 Å². The number of hydrogen-bond donors (Lipinski definition) is 2. The van der Waals surface area contributed by atoms with Crippen molar-refractivity contribution in [3.05, 3.63) is 47.5 Å². The summed E-state index contributed by atoms with van der Waals surface area (Å²) in [5, 5.41) is 11.6. The maximum absolute atomic E-state index is 12.5. The molecule has 0 aliphatic carbocycles. The third kappa shape index (κ3) is 5.37. The molecule has 0 radical (unpaired) electrons. The van der Waals surface area contributed by atoms with Crippen LogP contribution in [0.2, 0.25) is 0 Å². The Bertz CT molecular complexity index is 769. The molecule has 0 unspecified atom stereocenters. The highest BCUT2D eigenvalue weighted by molar-refractivity contribution is 5.85. The summed E-state index contributed by atoms with van der Waals surface area (Å²) in [6.45, 7) is 6.54. The van der Waals surface area contributed by atoms with E-state index in [0.29, 0.717) is 19.0 Å². The molecule has 0 saturated heterocycles. The Morgan fingerprint density at radius 2 is 2.00 bits per heavy atom. The molecule has 0 fully saturated rings. The second kappa shape index (κ2) is 9.27. The molecular weight excluding hydrogens is 356 g/mol. The molecule has 0 saturated carbocycles. The first-order valence-electron chi connectivity index (χ1n) is 9.16. The number of benzene rings is 1. The zero-order chi connectivity index (χ0) is 19.4. The SMILES string of the molecule is C.CN1CCn2c(nnc2[C@@H](COCc2ccccc2)NC(=O)C(C)(C)N)C1. The largest absolute Gasteiger partial charge is 0.374 e. The molecule has 28 heavy (non-hydrogen) atoms. The Labute approximate surface area is 167 Å². The highest BCUT2D eigenvalue weighted by Gasteiger charge is 2.30. The van der Waals surface area contributed by atoms with Gasteiger partial charge in [0.1, 0.15) is 11.9 Å². The van der Waals surface area contributed by atoms with Gasteiger partial charge in [0.25, 0.3) is 0 Å². The van der Waals surface area contributed by atoms with Crippen LogP contribution in [0.3, 0.4) is 0 Å². The molecule has 8 nitrogen and oxygen atoms in total. The first kappa shape index (κ1) is 22.0. The Morgan fingerprint density at radius 3 is 2.68 bits per heavy atom. The van der Waals surface area contributed by atoms with Crippen LogP contribution in [0.15, 0.2) is 30.3 Å². The van der Waals surface area contributed by atoms with E-state index in [-0.39, 0.29) is 13.3 Å². The van der Waals surface area contributed by atoms with Crippen LogP contribution in [0.4, 0.5) is 0 Å². The predicted octanol–water partition coefficient (Wildman–Crippen LogP) is 1.47. The predicted molar refractivity (Wildman–Crippen MR) is 108 cm³/mol. The summed E-state index contributed by atoms with van der Waals surface area (Å²) >= 11 is 0. The monoisotopic (exact) mass is 388 g/mol. The first-order valence-corrected chi connectivity index (χ1v) is 9.16. The van der Waals surface area contributed by atoms with E-state index in [1.165, 1.54) is 0 Å². The molecule has 0 spiro atoms. The number of likely N-dealkylation sites (N-methyl/N-ethyl adjacent to an activating group) is 1. The van der Waals surface area contributed by atoms with Gasteiger partial charge in [-0.05, 0) is 26.5 Å². The fourth-order valence-corrected chi connectivity index (χ4v) is 2.95. The minimum Gasteiger partial charge on any atom is -0.374 e. The van der Waals surface area contributed by atoms with E-state index < -0.39 is 11.6 Å². The molecule has 1 amide bonds. The number of carbonyl (C=O) groups excluding carboxylic acids is 1. The Kier molecular flexibility index (Phi) is 7.29. The number of aromatic nitrogens is 3. The molecular formula is C20H32N6O2. The number of ether oxygens (including phenoxy) is 1. The van der Waals surface area contributed by atoms with Crippen molar-refractivity contribution in [2.75, 3.05) is 20.2 Å². The van der Waals surface area contributed by atoms with E-state index in [1.54, 1.807) is 13.8 Å². The van der Waals surface area contributed by atoms with Crippen molar-refractivity contribution in [3.8, 4) is 0 Å². The number of hydrogen-bond acceptors (Lipinski definition) is 6. The fourth-order valence-electron chi connectivity index (χ4n) is 2.95. The van der Waals surface area contributed by atoms with Gasteiger partial charge in [0.05, 0.1) is 25.3 Å². The number of nitrogens with one attached hydrogen (secondary N) is 1. The van der Waals surface area contributed by atoms with Crippen molar-refractivity contribution in [1.29, 1.82) is 0 Å². The van der Waals surface area contributed by atoms with Crippen LogP contribution in [-0.4, -0.2) is 51.3 Å². The molecule has 1 atom stereocenters. The zero-order valence-electron chi connectivity index (χ0n) is 16.2. The van der Waals surface area contributed by atoms with Crippen molar-refractivity contribution < 1.29 is 9.53 Å². The van der Waals surface area contributed by atoms with Crippen molar-refractivity contribution in [2.24, 2.45) is 5.73 Å². The summed E-state index contributed by atoms with van der Waals surface area (Å²) in [5.41, 5.74) is 6.05. The second-order valence-corrected chi connectivity index (χ2v) is 7.61. The average Bonchev–Trinajstić information content (AvgIpc) is 3.03. The van der Waals surface area contributed by atoms with Gasteiger partial charge in [0, 0.05) is 13.1 Å². The molecule has 1 aromatic heterocycles. The lowest BCUT2D eigenvalue weighted by atomic mass is 10.1. The lowest BCUT2D eigenvalue weighted by molar-refractivity contribution is -0.126. The van der Waals surface area contributed by atoms with E-state index in [1.807, 2.05) is 30.3 Å². The molecule has 1 aliphatic heterocycles. The van der Waals surface area contributed by atoms with Gasteiger partial charge in [-0.2, -0.15) is 0 Å². The van der Waals surface area contributed by atoms with Gasteiger partial charge in [-0.25, -0.2) is 0 Å². The Hall–Kier alpha value is -2.29. The lowest BCUT2D eigenvalue weighted by Crippen LogP contribution is -2.51. The van der Waals surface area contributed by atoms with Gasteiger partial charge in [0.2, 0.25) is 5.91 Å². The van der Waals surface area contributed by atoms with Gasteiger partial charge in [-0.15, -0.1) is 10.2 Å². The molecule has 8 heteroatoms. The number of fused-ring (bicyclic) bond motifs is 1. The number of rotatable bonds is 7. The smallest absolute Gasteiger partial charge is 0.240 e. The fraction of sp³-hybridized carbons (Fsp3) is 0.550. The molecule has 2 aromatic rings. The zero-order valence-corrected chi connectivity index (χ0v) is 16.2. The third-order valence-corrected chi connectivity index (χ3v) is 4.57. The van der Waals surface area contributed by atoms with Crippen LogP contribution in [0.5, 0.6) is 0 Å². The van der Waals surface area contributed by atoms with Crippen molar-refractivity contribution in [3.63, 3.8) is 0 Å². The molecule has 1 aliphatic rings. The van der Waals surface area contributed by atoms with Crippen LogP contribution in [0.1, 0.15) is 44.5 Å². The van der Waals surface area contributed by atoms with E-state index in [4.69, 9.17) is 10.5 Å². The van der Waals surface area contributed by atoms with Crippen molar-refractivity contribution >= 4 is 5.91 Å². The molecule has 1 aromatic carbocycles. The van der Waals surface area contributed by atoms with Gasteiger partial charge >= 0.3 is 0 Å². The van der Waals surface area contributed by atoms with Crippen LogP contribution in [0.25, 0.3) is 0 Å². The van der Waals surface area contributed by atoms with Gasteiger partial charge in [-0.3, -0.25) is 9.69 Å². The van der Waals surface area contributed by atoms with Crippen molar-refractivity contribution in [1.82, 2.24) is 25.0 Å². The Balaban J connectivity index is 0.00000280. The molecule has 2 heterocycles. The van der Waals surface area contributed by atoms with Crippen molar-refractivity contribution in [2.45, 2.75) is 52.6 Å². The molecule has 0 bridgehead atoms. The maximum atomic E-state index is 12.5. The minimum atomic E-state index is -0.983. The summed E-state index contributed by atoms with van der Waals surface area (Å²) in [7, 11) is 2.05. The molecule has 3 rings (SSSR count). The van der Waals surface area contributed by atoms with E-state index >= 15 is 0 Å². The average molecular weight is 389 g/mol. The summed E-state index contributed by atoms with van der Waals surface area (Å²) in [6, 6.07) is 9.51. The standard InChI is InChI=1S/C19H28N6O2.CH4/c1-19(2,20)18(26)21-15(13-27-12-14-7-5-4-6-8-14)17-23-22-16-11-24(3)9-10-25(16)17;/h4-8,15H,9-13,20H2,1-3H3,(H,21,26);1H4/t15-;/m1./s1. The lowest BCUT2D eigenvalue weighted by Gasteiger charge is -2.27. The minimum absolute atomic E-state index is 0. The van der Waals surface area contributed by atoms with E-state index in [0.717, 1.165) is 31.0 Å². The summed E-state index contributed by atoms with van der Waals surface area (Å²) in [4.78, 5) is 14.7. The van der Waals surface area contributed by atoms with Crippen LogP contribution >= 0.6 is 0 Å². The second-order valence-electron chi connectivity index (χ2n) is 7.61. The van der Waals surface area contributed by atoms with Gasteiger partial charge in [0.15, 0.2) is 5.82 Å². The number of carbonyl (C=O) groups is 1. The highest BCUT2D eigenvalue weighted by Crippen LogP contribution is 2.18. The number of nitrogens with zero attached hydrogens (tertiary/aromatic N) is 4. The number of amides is 1. The summed E-state index contributed by atoms with van der Waals surface area (Å²) < 4.78 is 7.95. The van der Waals surface area contributed by atoms with E-state index in [2.05, 4.69) is 32.0 Å². The summed E-state index contributed by atoms with van der Waals surface area (Å²) in [6.07, 6.45) is 0. The Morgan fingerprint density at radius 1 is 1.29 bits per heavy atom. The normalized spacial score (nSPS) is 15.4. The number of nitrogens with two attached hydrogens (primary N) is 1. The third-order valence-electron chi connectivity index (χ3n) is 4.57. The van der Waals surface area contributed by atoms with Crippen LogP contribution in [-0.2, 0) is 29.2 Å². The molecule has 154 valence electrons. The maximum Gasteiger partial charge on any atom is 0.240 e. The van der Waals surface area contributed by atoms with Crippen LogP contribution < -0.4 is 11.1 Å². The topological polar surface area (TPSA) is 98.3 Å². The highest BCUT2D eigenvalue weighted by atomic mass is 16.5. The van der Waals surface area contributed by atoms with Gasteiger partial charge < -0.3 is 20.4 Å². The first-order chi connectivity index (χ1) is 12.8.